The number of nitrogens with one attached hydrogen (secondary N) is 2. The van der Waals surface area contributed by atoms with Crippen molar-refractivity contribution in [3.05, 3.63) is 0 Å². The van der Waals surface area contributed by atoms with Crippen molar-refractivity contribution in [1.82, 2.24) is 15.5 Å². The number of ether oxygens (including phenoxy) is 1. The normalized spacial score (nSPS) is 30.1. The van der Waals surface area contributed by atoms with E-state index in [0.717, 1.165) is 45.1 Å². The van der Waals surface area contributed by atoms with Crippen LogP contribution in [-0.4, -0.2) is 54.7 Å². The average Bonchev–Trinajstić information content (AvgIpc) is 2.70. The molecule has 6 nitrogen and oxygen atoms in total. The molecule has 0 bridgehead atoms. The molecule has 1 saturated carbocycles. The van der Waals surface area contributed by atoms with Crippen molar-refractivity contribution in [2.24, 2.45) is 0 Å². The maximum Gasteiger partial charge on any atom is 0.325 e. The number of rotatable bonds is 2. The first-order chi connectivity index (χ1) is 10.2. The summed E-state index contributed by atoms with van der Waals surface area (Å²) in [6.45, 7) is 2.53. The van der Waals surface area contributed by atoms with Crippen LogP contribution in [0.4, 0.5) is 4.79 Å². The van der Waals surface area contributed by atoms with E-state index in [-0.39, 0.29) is 18.0 Å². The smallest absolute Gasteiger partial charge is 0.325 e. The van der Waals surface area contributed by atoms with Gasteiger partial charge in [-0.25, -0.2) is 4.79 Å². The van der Waals surface area contributed by atoms with Gasteiger partial charge in [-0.3, -0.25) is 9.69 Å². The second-order valence-corrected chi connectivity index (χ2v) is 6.39. The fourth-order valence-corrected chi connectivity index (χ4v) is 3.63. The van der Waals surface area contributed by atoms with Gasteiger partial charge < -0.3 is 15.4 Å². The van der Waals surface area contributed by atoms with Crippen LogP contribution in [0.3, 0.4) is 0 Å². The number of amides is 3. The predicted molar refractivity (Wildman–Crippen MR) is 77.9 cm³/mol. The number of nitrogens with zero attached hydrogens (tertiary/aromatic N) is 1. The van der Waals surface area contributed by atoms with Crippen molar-refractivity contribution in [3.8, 4) is 0 Å². The second kappa shape index (κ2) is 6.32. The van der Waals surface area contributed by atoms with E-state index in [4.69, 9.17) is 4.74 Å². The lowest BCUT2D eigenvalue weighted by atomic mass is 9.84. The largest absolute Gasteiger partial charge is 0.374 e. The predicted octanol–water partition coefficient (Wildman–Crippen LogP) is 1.01. The Morgan fingerprint density at radius 3 is 2.52 bits per heavy atom. The van der Waals surface area contributed by atoms with Gasteiger partial charge in [0, 0.05) is 13.1 Å². The number of hydrogen-bond donors (Lipinski definition) is 2. The number of carbonyl (C=O) groups excluding carboxylic acids is 2. The maximum atomic E-state index is 12.8. The SMILES string of the molecule is O=C1NC2(CCCCCCC2)C(=O)N1CC1CNCCO1. The standard InChI is InChI=1S/C15H25N3O3/c19-13-15(6-4-2-1-3-5-7-15)17-14(20)18(13)11-12-10-16-8-9-21-12/h12,16H,1-11H2,(H,17,20). The van der Waals surface area contributed by atoms with E-state index in [2.05, 4.69) is 10.6 Å². The van der Waals surface area contributed by atoms with E-state index in [1.165, 1.54) is 11.3 Å². The Kier molecular flexibility index (Phi) is 4.45. The van der Waals surface area contributed by atoms with Gasteiger partial charge in [0.15, 0.2) is 0 Å². The first-order valence-electron chi connectivity index (χ1n) is 8.18. The Hall–Kier alpha value is -1.14. The summed E-state index contributed by atoms with van der Waals surface area (Å²) >= 11 is 0. The highest BCUT2D eigenvalue weighted by Crippen LogP contribution is 2.32. The van der Waals surface area contributed by atoms with Crippen LogP contribution in [0.1, 0.15) is 44.9 Å². The van der Waals surface area contributed by atoms with Crippen molar-refractivity contribution in [2.45, 2.75) is 56.6 Å². The highest BCUT2D eigenvalue weighted by Gasteiger charge is 2.50. The number of carbonyl (C=O) groups is 2. The van der Waals surface area contributed by atoms with Crippen LogP contribution in [0.2, 0.25) is 0 Å². The third kappa shape index (κ3) is 3.06. The zero-order valence-corrected chi connectivity index (χ0v) is 12.5. The molecule has 1 spiro atoms. The molecule has 3 rings (SSSR count). The summed E-state index contributed by atoms with van der Waals surface area (Å²) in [7, 11) is 0. The van der Waals surface area contributed by atoms with Crippen molar-refractivity contribution in [1.29, 1.82) is 0 Å². The maximum absolute atomic E-state index is 12.8. The number of urea groups is 1. The molecule has 2 aliphatic heterocycles. The first kappa shape index (κ1) is 14.8. The summed E-state index contributed by atoms with van der Waals surface area (Å²) in [5.41, 5.74) is -0.639. The van der Waals surface area contributed by atoms with Crippen LogP contribution >= 0.6 is 0 Å². The topological polar surface area (TPSA) is 70.7 Å². The Morgan fingerprint density at radius 2 is 1.86 bits per heavy atom. The molecule has 2 N–H and O–H groups in total. The molecule has 0 aromatic rings. The van der Waals surface area contributed by atoms with Gasteiger partial charge in [-0.2, -0.15) is 0 Å². The van der Waals surface area contributed by atoms with Crippen molar-refractivity contribution >= 4 is 11.9 Å². The molecule has 118 valence electrons. The van der Waals surface area contributed by atoms with Crippen LogP contribution in [0.5, 0.6) is 0 Å². The summed E-state index contributed by atoms with van der Waals surface area (Å²) in [5, 5.41) is 6.22. The molecule has 2 heterocycles. The quantitative estimate of drug-likeness (QED) is 0.746. The fraction of sp³-hybridized carbons (Fsp3) is 0.867. The Balaban J connectivity index is 1.68. The minimum Gasteiger partial charge on any atom is -0.374 e. The zero-order valence-electron chi connectivity index (χ0n) is 12.5. The second-order valence-electron chi connectivity index (χ2n) is 6.39. The van der Waals surface area contributed by atoms with E-state index in [1.54, 1.807) is 0 Å². The monoisotopic (exact) mass is 295 g/mol. The molecule has 1 atom stereocenters. The van der Waals surface area contributed by atoms with Gasteiger partial charge >= 0.3 is 6.03 Å². The number of imide groups is 1. The molecular weight excluding hydrogens is 270 g/mol. The van der Waals surface area contributed by atoms with E-state index in [0.29, 0.717) is 19.7 Å². The summed E-state index contributed by atoms with van der Waals surface area (Å²) < 4.78 is 5.62. The van der Waals surface area contributed by atoms with Gasteiger partial charge in [0.05, 0.1) is 19.3 Å². The Bertz CT molecular complexity index is 399. The summed E-state index contributed by atoms with van der Waals surface area (Å²) in [4.78, 5) is 26.4. The average molecular weight is 295 g/mol. The van der Waals surface area contributed by atoms with Gasteiger partial charge in [-0.15, -0.1) is 0 Å². The highest BCUT2D eigenvalue weighted by molar-refractivity contribution is 6.07. The van der Waals surface area contributed by atoms with Crippen molar-refractivity contribution < 1.29 is 14.3 Å². The molecule has 2 saturated heterocycles. The minimum atomic E-state index is -0.639. The highest BCUT2D eigenvalue weighted by atomic mass is 16.5. The molecule has 1 unspecified atom stereocenters. The Morgan fingerprint density at radius 1 is 1.14 bits per heavy atom. The van der Waals surface area contributed by atoms with Crippen LogP contribution in [0.25, 0.3) is 0 Å². The zero-order chi connectivity index (χ0) is 14.7. The number of hydrogen-bond acceptors (Lipinski definition) is 4. The van der Waals surface area contributed by atoms with Crippen molar-refractivity contribution in [3.63, 3.8) is 0 Å². The van der Waals surface area contributed by atoms with E-state index in [9.17, 15) is 9.59 Å². The van der Waals surface area contributed by atoms with Gasteiger partial charge in [0.2, 0.25) is 0 Å². The minimum absolute atomic E-state index is 0.0384. The van der Waals surface area contributed by atoms with Gasteiger partial charge in [-0.05, 0) is 12.8 Å². The van der Waals surface area contributed by atoms with E-state index >= 15 is 0 Å². The summed E-state index contributed by atoms with van der Waals surface area (Å²) in [6, 6.07) is -0.241. The summed E-state index contributed by atoms with van der Waals surface area (Å²) in [5.74, 6) is -0.0384. The molecular formula is C15H25N3O3. The van der Waals surface area contributed by atoms with E-state index in [1.807, 2.05) is 0 Å². The van der Waals surface area contributed by atoms with Gasteiger partial charge in [0.25, 0.3) is 5.91 Å². The molecule has 3 fully saturated rings. The molecule has 0 radical (unpaired) electrons. The lowest BCUT2D eigenvalue weighted by molar-refractivity contribution is -0.133. The fourth-order valence-electron chi connectivity index (χ4n) is 3.63. The van der Waals surface area contributed by atoms with Crippen LogP contribution in [0.15, 0.2) is 0 Å². The molecule has 6 heteroatoms. The van der Waals surface area contributed by atoms with E-state index < -0.39 is 5.54 Å². The summed E-state index contributed by atoms with van der Waals surface area (Å²) in [6.07, 6.45) is 7.04. The van der Waals surface area contributed by atoms with Crippen LogP contribution in [0, 0.1) is 0 Å². The first-order valence-corrected chi connectivity index (χ1v) is 8.18. The molecule has 21 heavy (non-hydrogen) atoms. The third-order valence-corrected chi connectivity index (χ3v) is 4.84. The van der Waals surface area contributed by atoms with Gasteiger partial charge in [-0.1, -0.05) is 32.1 Å². The van der Waals surface area contributed by atoms with Crippen LogP contribution < -0.4 is 10.6 Å². The van der Waals surface area contributed by atoms with Crippen molar-refractivity contribution in [2.75, 3.05) is 26.2 Å². The number of morpholine rings is 1. The molecule has 0 aromatic carbocycles. The lowest BCUT2D eigenvalue weighted by Gasteiger charge is -2.30. The third-order valence-electron chi connectivity index (χ3n) is 4.84. The molecule has 0 aromatic heterocycles. The molecule has 3 amide bonds. The molecule has 1 aliphatic carbocycles. The molecule has 3 aliphatic rings. The van der Waals surface area contributed by atoms with Gasteiger partial charge in [0.1, 0.15) is 5.54 Å². The Labute approximate surface area is 125 Å². The van der Waals surface area contributed by atoms with Crippen LogP contribution in [-0.2, 0) is 9.53 Å². The lowest BCUT2D eigenvalue weighted by Crippen LogP contribution is -2.49.